The third-order valence-electron chi connectivity index (χ3n) is 6.41. The van der Waals surface area contributed by atoms with Gasteiger partial charge in [-0.1, -0.05) is 18.2 Å². The predicted octanol–water partition coefficient (Wildman–Crippen LogP) is 6.34. The van der Waals surface area contributed by atoms with E-state index in [1.165, 1.54) is 25.3 Å². The molecule has 186 valence electrons. The maximum Gasteiger partial charge on any atom is 0.416 e. The summed E-state index contributed by atoms with van der Waals surface area (Å²) in [4.78, 5) is 11.6. The van der Waals surface area contributed by atoms with Crippen LogP contribution in [-0.2, 0) is 22.1 Å². The molecule has 8 heteroatoms. The van der Waals surface area contributed by atoms with E-state index in [0.29, 0.717) is 12.0 Å². The molecule has 1 N–H and O–H groups in total. The van der Waals surface area contributed by atoms with Gasteiger partial charge in [0.1, 0.15) is 0 Å². The van der Waals surface area contributed by atoms with Crippen LogP contribution in [0.25, 0.3) is 0 Å². The van der Waals surface area contributed by atoms with E-state index in [9.17, 15) is 22.4 Å². The summed E-state index contributed by atoms with van der Waals surface area (Å²) in [6.45, 7) is 3.84. The normalized spacial score (nSPS) is 19.1. The molecule has 0 unspecified atom stereocenters. The second-order valence-corrected chi connectivity index (χ2v) is 8.71. The van der Waals surface area contributed by atoms with Crippen LogP contribution in [0.1, 0.15) is 73.7 Å². The Bertz CT molecular complexity index is 992. The SMILES string of the molecule is CCOC(=O)CCc1ccc([C@@H]2CC[C@@H](N[C@H](C)c3ccc(F)c(OC)c3)C2)cc1C(F)(F)F. The molecule has 34 heavy (non-hydrogen) atoms. The van der Waals surface area contributed by atoms with E-state index in [-0.39, 0.29) is 48.8 Å². The first-order chi connectivity index (χ1) is 16.1. The molecule has 0 saturated heterocycles. The van der Waals surface area contributed by atoms with Crippen LogP contribution in [0.5, 0.6) is 5.75 Å². The molecule has 2 aromatic rings. The van der Waals surface area contributed by atoms with Gasteiger partial charge in [0.25, 0.3) is 0 Å². The van der Waals surface area contributed by atoms with Crippen LogP contribution in [0.15, 0.2) is 36.4 Å². The zero-order chi connectivity index (χ0) is 24.9. The molecule has 1 fully saturated rings. The van der Waals surface area contributed by atoms with Crippen molar-refractivity contribution in [3.8, 4) is 5.75 Å². The van der Waals surface area contributed by atoms with Crippen LogP contribution in [0.3, 0.4) is 0 Å². The van der Waals surface area contributed by atoms with Gasteiger partial charge in [0.05, 0.1) is 19.3 Å². The van der Waals surface area contributed by atoms with E-state index in [0.717, 1.165) is 18.4 Å². The number of methoxy groups -OCH3 is 1. The van der Waals surface area contributed by atoms with Gasteiger partial charge in [-0.2, -0.15) is 13.2 Å². The summed E-state index contributed by atoms with van der Waals surface area (Å²) < 4.78 is 64.8. The van der Waals surface area contributed by atoms with Crippen molar-refractivity contribution >= 4 is 5.97 Å². The number of halogens is 4. The summed E-state index contributed by atoms with van der Waals surface area (Å²) >= 11 is 0. The lowest BCUT2D eigenvalue weighted by atomic mass is 9.92. The van der Waals surface area contributed by atoms with E-state index in [1.807, 2.05) is 6.92 Å². The highest BCUT2D eigenvalue weighted by Gasteiger charge is 2.35. The highest BCUT2D eigenvalue weighted by Crippen LogP contribution is 2.40. The molecule has 1 aliphatic rings. The van der Waals surface area contributed by atoms with Crippen molar-refractivity contribution in [2.75, 3.05) is 13.7 Å². The predicted molar refractivity (Wildman–Crippen MR) is 121 cm³/mol. The summed E-state index contributed by atoms with van der Waals surface area (Å²) in [5.41, 5.74) is 0.966. The molecule has 0 heterocycles. The van der Waals surface area contributed by atoms with Crippen molar-refractivity contribution in [2.24, 2.45) is 0 Å². The molecule has 0 bridgehead atoms. The zero-order valence-corrected chi connectivity index (χ0v) is 19.7. The van der Waals surface area contributed by atoms with Crippen LogP contribution in [0, 0.1) is 5.82 Å². The molecule has 2 aromatic carbocycles. The minimum Gasteiger partial charge on any atom is -0.494 e. The van der Waals surface area contributed by atoms with Gasteiger partial charge in [0.15, 0.2) is 11.6 Å². The minimum absolute atomic E-state index is 0.00709. The Morgan fingerprint density at radius 1 is 1.18 bits per heavy atom. The molecule has 0 radical (unpaired) electrons. The third kappa shape index (κ3) is 6.50. The van der Waals surface area contributed by atoms with Gasteiger partial charge in [0.2, 0.25) is 0 Å². The molecule has 1 aliphatic carbocycles. The first-order valence-electron chi connectivity index (χ1n) is 11.6. The number of carbonyl (C=O) groups is 1. The van der Waals surface area contributed by atoms with Gasteiger partial charge in [-0.3, -0.25) is 4.79 Å². The van der Waals surface area contributed by atoms with E-state index in [4.69, 9.17) is 9.47 Å². The second kappa shape index (κ2) is 11.2. The van der Waals surface area contributed by atoms with Crippen molar-refractivity contribution in [1.82, 2.24) is 5.32 Å². The second-order valence-electron chi connectivity index (χ2n) is 8.71. The van der Waals surface area contributed by atoms with E-state index in [2.05, 4.69) is 5.32 Å². The highest BCUT2D eigenvalue weighted by atomic mass is 19.4. The number of rotatable bonds is 9. The van der Waals surface area contributed by atoms with Gasteiger partial charge >= 0.3 is 12.1 Å². The molecule has 0 amide bonds. The number of esters is 1. The average molecular weight is 482 g/mol. The molecule has 4 nitrogen and oxygen atoms in total. The van der Waals surface area contributed by atoms with Crippen molar-refractivity contribution in [2.45, 2.75) is 70.1 Å². The lowest BCUT2D eigenvalue weighted by Crippen LogP contribution is -2.29. The van der Waals surface area contributed by atoms with Crippen molar-refractivity contribution in [1.29, 1.82) is 0 Å². The molecule has 1 saturated carbocycles. The molecule has 0 aliphatic heterocycles. The summed E-state index contributed by atoms with van der Waals surface area (Å²) in [6.07, 6.45) is -2.27. The quantitative estimate of drug-likeness (QED) is 0.336. The van der Waals surface area contributed by atoms with Crippen LogP contribution in [-0.4, -0.2) is 25.7 Å². The Labute approximate surface area is 197 Å². The van der Waals surface area contributed by atoms with Crippen LogP contribution < -0.4 is 10.1 Å². The Morgan fingerprint density at radius 2 is 1.94 bits per heavy atom. The van der Waals surface area contributed by atoms with E-state index in [1.54, 1.807) is 25.1 Å². The number of ether oxygens (including phenoxy) is 2. The number of hydrogen-bond donors (Lipinski definition) is 1. The van der Waals surface area contributed by atoms with Crippen molar-refractivity contribution < 1.29 is 31.8 Å². The van der Waals surface area contributed by atoms with Crippen LogP contribution in [0.2, 0.25) is 0 Å². The number of benzene rings is 2. The topological polar surface area (TPSA) is 47.6 Å². The molecule has 0 spiro atoms. The van der Waals surface area contributed by atoms with Gasteiger partial charge < -0.3 is 14.8 Å². The Kier molecular flexibility index (Phi) is 8.57. The largest absolute Gasteiger partial charge is 0.494 e. The number of aryl methyl sites for hydroxylation is 1. The third-order valence-corrected chi connectivity index (χ3v) is 6.41. The Hall–Kier alpha value is -2.61. The fourth-order valence-corrected chi connectivity index (χ4v) is 4.63. The van der Waals surface area contributed by atoms with Crippen LogP contribution >= 0.6 is 0 Å². The Morgan fingerprint density at radius 3 is 2.62 bits per heavy atom. The standard InChI is InChI=1S/C26H31F4NO3/c1-4-34-25(32)12-9-17-5-6-20(14-22(17)26(28,29)30)19-7-10-21(13-19)31-16(2)18-8-11-23(27)24(15-18)33-3/h5-6,8,11,14-16,19,21,31H,4,7,9-10,12-13H2,1-3H3/t16-,19-,21-/m1/s1. The number of alkyl halides is 3. The van der Waals surface area contributed by atoms with Crippen molar-refractivity contribution in [3.05, 3.63) is 64.5 Å². The molecule has 3 rings (SSSR count). The van der Waals surface area contributed by atoms with Gasteiger partial charge in [-0.25, -0.2) is 4.39 Å². The van der Waals surface area contributed by atoms with E-state index >= 15 is 0 Å². The maximum absolute atomic E-state index is 13.7. The highest BCUT2D eigenvalue weighted by molar-refractivity contribution is 5.69. The lowest BCUT2D eigenvalue weighted by Gasteiger charge is -2.21. The first-order valence-corrected chi connectivity index (χ1v) is 11.6. The number of hydrogen-bond acceptors (Lipinski definition) is 4. The minimum atomic E-state index is -4.49. The van der Waals surface area contributed by atoms with Crippen LogP contribution in [0.4, 0.5) is 17.6 Å². The Balaban J connectivity index is 1.68. The smallest absolute Gasteiger partial charge is 0.416 e. The fourth-order valence-electron chi connectivity index (χ4n) is 4.63. The number of nitrogens with one attached hydrogen (secondary N) is 1. The zero-order valence-electron chi connectivity index (χ0n) is 19.7. The van der Waals surface area contributed by atoms with E-state index < -0.39 is 23.5 Å². The summed E-state index contributed by atoms with van der Waals surface area (Å²) in [5, 5.41) is 3.51. The molecule has 3 atom stereocenters. The van der Waals surface area contributed by atoms with Crippen molar-refractivity contribution in [3.63, 3.8) is 0 Å². The fraction of sp³-hybridized carbons (Fsp3) is 0.500. The van der Waals surface area contributed by atoms with Gasteiger partial charge in [-0.05, 0) is 80.3 Å². The molecule has 0 aromatic heterocycles. The van der Waals surface area contributed by atoms with Gasteiger partial charge in [0, 0.05) is 18.5 Å². The average Bonchev–Trinajstić information content (AvgIpc) is 3.26. The maximum atomic E-state index is 13.7. The monoisotopic (exact) mass is 481 g/mol. The first kappa shape index (κ1) is 26.0. The molecular formula is C26H31F4NO3. The molecular weight excluding hydrogens is 450 g/mol. The van der Waals surface area contributed by atoms with Gasteiger partial charge in [-0.15, -0.1) is 0 Å². The lowest BCUT2D eigenvalue weighted by molar-refractivity contribution is -0.144. The summed E-state index contributed by atoms with van der Waals surface area (Å²) in [6, 6.07) is 9.27. The summed E-state index contributed by atoms with van der Waals surface area (Å²) in [7, 11) is 1.42. The summed E-state index contributed by atoms with van der Waals surface area (Å²) in [5.74, 6) is -0.742. The number of carbonyl (C=O) groups excluding carboxylic acids is 1.